The number of aliphatic hydroxyl groups is 2. The van der Waals surface area contributed by atoms with Crippen LogP contribution in [0.1, 0.15) is 79.6 Å². The van der Waals surface area contributed by atoms with Gasteiger partial charge in [0, 0.05) is 19.3 Å². The maximum atomic E-state index is 13.9. The summed E-state index contributed by atoms with van der Waals surface area (Å²) in [6, 6.07) is 0. The molecule has 10 atom stereocenters. The predicted octanol–water partition coefficient (Wildman–Crippen LogP) is 4.92. The number of fused-ring (bicyclic) bond motifs is 2. The lowest BCUT2D eigenvalue weighted by molar-refractivity contribution is -0.335. The van der Waals surface area contributed by atoms with Crippen molar-refractivity contribution in [3.05, 3.63) is 47.1 Å². The van der Waals surface area contributed by atoms with Crippen LogP contribution in [0, 0.1) is 17.8 Å². The molecule has 5 aliphatic rings. The molecular formula is C32H46O7. The van der Waals surface area contributed by atoms with Gasteiger partial charge in [-0.2, -0.15) is 0 Å². The SMILES string of the molecule is CC[C@H]1O[C@]2(CC[C@@H]1C)C[C@@H]1C[C@@H](C/C=C(\C)C[C@@H](C)/C=C/C=C3\CO[C@@H]4[C@H](O)C(C)=C[C@H](C(=O)O1)[C@]34O)O2. The minimum atomic E-state index is -1.68. The fraction of sp³-hybridized carbons (Fsp3) is 0.719. The number of aliphatic hydroxyl groups excluding tert-OH is 1. The summed E-state index contributed by atoms with van der Waals surface area (Å²) in [5.41, 5.74) is 0.788. The smallest absolute Gasteiger partial charge is 0.316 e. The van der Waals surface area contributed by atoms with Crippen LogP contribution in [-0.2, 0) is 23.7 Å². The summed E-state index contributed by atoms with van der Waals surface area (Å²) in [5.74, 6) is -1.52. The molecule has 2 N–H and O–H groups in total. The quantitative estimate of drug-likeness (QED) is 0.359. The lowest BCUT2D eigenvalue weighted by Crippen LogP contribution is -2.58. The van der Waals surface area contributed by atoms with Crippen LogP contribution in [0.2, 0.25) is 0 Å². The second kappa shape index (κ2) is 11.2. The number of rotatable bonds is 1. The molecule has 0 unspecified atom stereocenters. The molecule has 1 aliphatic carbocycles. The van der Waals surface area contributed by atoms with Crippen molar-refractivity contribution in [3.63, 3.8) is 0 Å². The van der Waals surface area contributed by atoms with Gasteiger partial charge in [-0.05, 0) is 62.5 Å². The third-order valence-corrected chi connectivity index (χ3v) is 9.50. The Bertz CT molecular complexity index is 1060. The topological polar surface area (TPSA) is 94.5 Å². The molecule has 3 saturated heterocycles. The fourth-order valence-electron chi connectivity index (χ4n) is 7.23. The van der Waals surface area contributed by atoms with Gasteiger partial charge in [0.15, 0.2) is 5.79 Å². The number of hydrogen-bond acceptors (Lipinski definition) is 7. The summed E-state index contributed by atoms with van der Waals surface area (Å²) in [6.45, 7) is 10.6. The lowest BCUT2D eigenvalue weighted by Gasteiger charge is -2.50. The van der Waals surface area contributed by atoms with Gasteiger partial charge in [0.1, 0.15) is 29.8 Å². The van der Waals surface area contributed by atoms with E-state index in [9.17, 15) is 15.0 Å². The zero-order chi connectivity index (χ0) is 27.9. The van der Waals surface area contributed by atoms with Crippen LogP contribution < -0.4 is 0 Å². The first-order chi connectivity index (χ1) is 18.5. The van der Waals surface area contributed by atoms with Crippen molar-refractivity contribution in [1.82, 2.24) is 0 Å². The molecule has 0 amide bonds. The molecular weight excluding hydrogens is 496 g/mol. The molecule has 5 rings (SSSR count). The standard InChI is InChI=1S/C32H46O7/c1-6-27-21(4)12-13-31(39-27)17-25-16-24(38-31)11-10-20(3)14-19(2)8-7-9-23-18-36-29-28(33)22(5)15-26(30(34)37-25)32(23,29)35/h7-10,15,19,21,24-29,33,35H,6,11-14,16-18H2,1-5H3/b8-7+,20-10+,23-9+/t19-,21-,24+,25-,26+,27+,28+,29+,31+,32+/m0/s1. The molecule has 216 valence electrons. The van der Waals surface area contributed by atoms with Crippen LogP contribution >= 0.6 is 0 Å². The summed E-state index contributed by atoms with van der Waals surface area (Å²) in [7, 11) is 0. The lowest BCUT2D eigenvalue weighted by atomic mass is 9.71. The molecule has 1 spiro atoms. The number of carbonyl (C=O) groups excluding carboxylic acids is 1. The van der Waals surface area contributed by atoms with Crippen molar-refractivity contribution >= 4 is 5.97 Å². The Hall–Kier alpha value is -1.77. The van der Waals surface area contributed by atoms with Gasteiger partial charge in [0.05, 0.1) is 18.8 Å². The molecule has 39 heavy (non-hydrogen) atoms. The number of allylic oxidation sites excluding steroid dienone is 4. The molecule has 3 fully saturated rings. The molecule has 2 bridgehead atoms. The van der Waals surface area contributed by atoms with E-state index in [4.69, 9.17) is 18.9 Å². The summed E-state index contributed by atoms with van der Waals surface area (Å²) in [6.07, 6.45) is 12.8. The highest BCUT2D eigenvalue weighted by Crippen LogP contribution is 2.47. The molecule has 0 aromatic rings. The summed E-state index contributed by atoms with van der Waals surface area (Å²) in [5, 5.41) is 22.9. The summed E-state index contributed by atoms with van der Waals surface area (Å²) in [4.78, 5) is 13.9. The Morgan fingerprint density at radius 1 is 1.15 bits per heavy atom. The Morgan fingerprint density at radius 2 is 1.95 bits per heavy atom. The van der Waals surface area contributed by atoms with Gasteiger partial charge in [-0.15, -0.1) is 0 Å². The second-order valence-corrected chi connectivity index (χ2v) is 12.7. The van der Waals surface area contributed by atoms with Crippen LogP contribution in [-0.4, -0.2) is 64.7 Å². The minimum absolute atomic E-state index is 0.104. The average molecular weight is 543 g/mol. The van der Waals surface area contributed by atoms with E-state index < -0.39 is 41.6 Å². The number of ether oxygens (including phenoxy) is 4. The van der Waals surface area contributed by atoms with Gasteiger partial charge in [-0.1, -0.05) is 56.7 Å². The van der Waals surface area contributed by atoms with Crippen molar-refractivity contribution < 1.29 is 34.0 Å². The Morgan fingerprint density at radius 3 is 2.72 bits per heavy atom. The first kappa shape index (κ1) is 28.7. The van der Waals surface area contributed by atoms with E-state index in [1.807, 2.05) is 12.2 Å². The minimum Gasteiger partial charge on any atom is -0.462 e. The van der Waals surface area contributed by atoms with Crippen molar-refractivity contribution in [2.24, 2.45) is 17.8 Å². The highest BCUT2D eigenvalue weighted by Gasteiger charge is 2.60. The van der Waals surface area contributed by atoms with Crippen molar-refractivity contribution in [3.8, 4) is 0 Å². The Balaban J connectivity index is 1.51. The predicted molar refractivity (Wildman–Crippen MR) is 148 cm³/mol. The zero-order valence-corrected chi connectivity index (χ0v) is 24.1. The van der Waals surface area contributed by atoms with Crippen LogP contribution in [0.15, 0.2) is 47.1 Å². The highest BCUT2D eigenvalue weighted by molar-refractivity contribution is 5.78. The number of carbonyl (C=O) groups is 1. The van der Waals surface area contributed by atoms with Gasteiger partial charge >= 0.3 is 5.97 Å². The number of esters is 1. The molecule has 4 aliphatic heterocycles. The van der Waals surface area contributed by atoms with Crippen LogP contribution in [0.4, 0.5) is 0 Å². The van der Waals surface area contributed by atoms with Crippen LogP contribution in [0.3, 0.4) is 0 Å². The van der Waals surface area contributed by atoms with Crippen LogP contribution in [0.5, 0.6) is 0 Å². The summed E-state index contributed by atoms with van der Waals surface area (Å²) >= 11 is 0. The van der Waals surface area contributed by atoms with Gasteiger partial charge in [-0.3, -0.25) is 4.79 Å². The molecule has 0 aromatic carbocycles. The molecule has 0 aromatic heterocycles. The molecule has 0 saturated carbocycles. The van der Waals surface area contributed by atoms with E-state index in [1.54, 1.807) is 13.0 Å². The van der Waals surface area contributed by atoms with E-state index in [0.717, 1.165) is 32.1 Å². The first-order valence-corrected chi connectivity index (χ1v) is 14.8. The molecule has 7 nitrogen and oxygen atoms in total. The Kier molecular flexibility index (Phi) is 8.29. The van der Waals surface area contributed by atoms with Crippen molar-refractivity contribution in [1.29, 1.82) is 0 Å². The third kappa shape index (κ3) is 5.58. The van der Waals surface area contributed by atoms with Gasteiger partial charge in [0.25, 0.3) is 0 Å². The molecule has 7 heteroatoms. The molecule has 0 radical (unpaired) electrons. The van der Waals surface area contributed by atoms with Crippen molar-refractivity contribution in [2.75, 3.05) is 6.61 Å². The first-order valence-electron chi connectivity index (χ1n) is 14.8. The van der Waals surface area contributed by atoms with E-state index >= 15 is 0 Å². The fourth-order valence-corrected chi connectivity index (χ4v) is 7.23. The number of hydrogen-bond donors (Lipinski definition) is 2. The van der Waals surface area contributed by atoms with E-state index in [0.29, 0.717) is 35.8 Å². The highest BCUT2D eigenvalue weighted by atomic mass is 16.7. The largest absolute Gasteiger partial charge is 0.462 e. The normalized spacial score (nSPS) is 48.7. The van der Waals surface area contributed by atoms with E-state index in [1.165, 1.54) is 5.57 Å². The van der Waals surface area contributed by atoms with Gasteiger partial charge in [-0.25, -0.2) is 0 Å². The summed E-state index contributed by atoms with van der Waals surface area (Å²) < 4.78 is 25.4. The zero-order valence-electron chi connectivity index (χ0n) is 24.1. The van der Waals surface area contributed by atoms with Gasteiger partial charge < -0.3 is 29.2 Å². The van der Waals surface area contributed by atoms with E-state index in [2.05, 4.69) is 39.8 Å². The van der Waals surface area contributed by atoms with Gasteiger partial charge in [0.2, 0.25) is 0 Å². The van der Waals surface area contributed by atoms with Crippen LogP contribution in [0.25, 0.3) is 0 Å². The maximum Gasteiger partial charge on any atom is 0.316 e. The maximum absolute atomic E-state index is 13.9. The Labute approximate surface area is 232 Å². The van der Waals surface area contributed by atoms with E-state index in [-0.39, 0.29) is 18.8 Å². The third-order valence-electron chi connectivity index (χ3n) is 9.50. The van der Waals surface area contributed by atoms with Crippen molar-refractivity contribution in [2.45, 2.75) is 121 Å². The second-order valence-electron chi connectivity index (χ2n) is 12.7. The monoisotopic (exact) mass is 542 g/mol. The molecule has 4 heterocycles. The average Bonchev–Trinajstić information content (AvgIpc) is 3.23.